The van der Waals surface area contributed by atoms with E-state index >= 15 is 0 Å². The normalized spacial score (nSPS) is 15.8. The zero-order chi connectivity index (χ0) is 17.3. The third kappa shape index (κ3) is 2.98. The molecule has 0 bridgehead atoms. The number of carbonyl (C=O) groups is 2. The van der Waals surface area contributed by atoms with Gasteiger partial charge in [0.25, 0.3) is 0 Å². The minimum absolute atomic E-state index is 0.0757. The van der Waals surface area contributed by atoms with Crippen molar-refractivity contribution in [3.63, 3.8) is 0 Å². The molecule has 2 aromatic rings. The van der Waals surface area contributed by atoms with Gasteiger partial charge in [0.1, 0.15) is 11.5 Å². The number of halogens is 1. The van der Waals surface area contributed by atoms with Crippen LogP contribution in [0.5, 0.6) is 11.5 Å². The van der Waals surface area contributed by atoms with Crippen molar-refractivity contribution in [2.45, 2.75) is 0 Å². The quantitative estimate of drug-likeness (QED) is 0.810. The molecule has 0 unspecified atom stereocenters. The molecule has 2 amide bonds. The second-order valence-electron chi connectivity index (χ2n) is 4.93. The van der Waals surface area contributed by atoms with E-state index in [1.807, 2.05) is 0 Å². The maximum Gasteiger partial charge on any atom is 0.427 e. The van der Waals surface area contributed by atoms with Crippen LogP contribution in [0.15, 0.2) is 52.7 Å². The number of rotatable bonds is 3. The highest BCUT2D eigenvalue weighted by molar-refractivity contribution is 9.10. The van der Waals surface area contributed by atoms with Crippen molar-refractivity contribution in [2.75, 3.05) is 12.0 Å². The van der Waals surface area contributed by atoms with Crippen LogP contribution >= 0.6 is 15.9 Å². The van der Waals surface area contributed by atoms with E-state index in [-0.39, 0.29) is 11.5 Å². The molecule has 1 saturated heterocycles. The van der Waals surface area contributed by atoms with Crippen LogP contribution in [0.1, 0.15) is 5.56 Å². The Morgan fingerprint density at radius 2 is 1.88 bits per heavy atom. The van der Waals surface area contributed by atoms with Crippen molar-refractivity contribution in [1.82, 2.24) is 0 Å². The Hall–Kier alpha value is -2.80. The van der Waals surface area contributed by atoms with Gasteiger partial charge in [0.05, 0.1) is 17.3 Å². The zero-order valence-corrected chi connectivity index (χ0v) is 14.1. The minimum Gasteiger partial charge on any atom is -0.507 e. The molecule has 0 radical (unpaired) electrons. The number of carbonyl (C=O) groups excluding carboxylic acids is 2. The van der Waals surface area contributed by atoms with Gasteiger partial charge in [0.15, 0.2) is 5.76 Å². The Labute approximate surface area is 146 Å². The number of cyclic esters (lactones) is 1. The van der Waals surface area contributed by atoms with E-state index in [1.54, 1.807) is 36.4 Å². The maximum absolute atomic E-state index is 12.4. The molecule has 3 rings (SSSR count). The van der Waals surface area contributed by atoms with Gasteiger partial charge < -0.3 is 14.6 Å². The molecule has 1 heterocycles. The molecule has 7 heteroatoms. The number of imide groups is 1. The van der Waals surface area contributed by atoms with Crippen LogP contribution in [0.3, 0.4) is 0 Å². The largest absolute Gasteiger partial charge is 0.507 e. The summed E-state index contributed by atoms with van der Waals surface area (Å²) >= 11 is 3.19. The number of hydrogen-bond donors (Lipinski definition) is 1. The smallest absolute Gasteiger partial charge is 0.427 e. The number of anilines is 1. The second-order valence-corrected chi connectivity index (χ2v) is 5.78. The summed E-state index contributed by atoms with van der Waals surface area (Å²) in [6, 6.07) is 11.2. The van der Waals surface area contributed by atoms with E-state index < -0.39 is 12.0 Å². The Bertz CT molecular complexity index is 845. The molecule has 1 N–H and O–H groups in total. The maximum atomic E-state index is 12.4. The van der Waals surface area contributed by atoms with Crippen molar-refractivity contribution < 1.29 is 24.2 Å². The molecule has 122 valence electrons. The SMILES string of the molecule is COc1ccc(N2C(=O)O/C(=C\c3ccc(O)c(Br)c3)C2=O)cc1. The van der Waals surface area contributed by atoms with Crippen molar-refractivity contribution in [2.24, 2.45) is 0 Å². The third-order valence-electron chi connectivity index (χ3n) is 3.39. The number of nitrogens with zero attached hydrogens (tertiary/aromatic N) is 1. The molecule has 0 spiro atoms. The lowest BCUT2D eigenvalue weighted by Gasteiger charge is -2.10. The highest BCUT2D eigenvalue weighted by Gasteiger charge is 2.37. The molecule has 1 aliphatic rings. The van der Waals surface area contributed by atoms with Crippen LogP contribution in [0.25, 0.3) is 6.08 Å². The Balaban J connectivity index is 1.90. The van der Waals surface area contributed by atoms with E-state index in [0.29, 0.717) is 21.5 Å². The Kier molecular flexibility index (Phi) is 4.26. The summed E-state index contributed by atoms with van der Waals surface area (Å²) in [5.41, 5.74) is 0.994. The van der Waals surface area contributed by atoms with E-state index in [1.165, 1.54) is 19.3 Å². The average Bonchev–Trinajstić information content (AvgIpc) is 2.85. The summed E-state index contributed by atoms with van der Waals surface area (Å²) in [5, 5.41) is 9.49. The van der Waals surface area contributed by atoms with Gasteiger partial charge in [-0.05, 0) is 64.0 Å². The summed E-state index contributed by atoms with van der Waals surface area (Å²) in [4.78, 5) is 25.4. The fourth-order valence-corrected chi connectivity index (χ4v) is 2.58. The Morgan fingerprint density at radius 3 is 2.50 bits per heavy atom. The number of hydrogen-bond acceptors (Lipinski definition) is 5. The topological polar surface area (TPSA) is 76.1 Å². The lowest BCUT2D eigenvalue weighted by atomic mass is 10.2. The van der Waals surface area contributed by atoms with Gasteiger partial charge in [-0.2, -0.15) is 0 Å². The highest BCUT2D eigenvalue weighted by atomic mass is 79.9. The number of ether oxygens (including phenoxy) is 2. The third-order valence-corrected chi connectivity index (χ3v) is 4.03. The molecule has 0 aliphatic carbocycles. The molecular weight excluding hydrogens is 378 g/mol. The summed E-state index contributed by atoms with van der Waals surface area (Å²) in [6.45, 7) is 0. The first-order chi connectivity index (χ1) is 11.5. The summed E-state index contributed by atoms with van der Waals surface area (Å²) in [6.07, 6.45) is 0.669. The van der Waals surface area contributed by atoms with Crippen molar-refractivity contribution in [3.8, 4) is 11.5 Å². The van der Waals surface area contributed by atoms with Crippen molar-refractivity contribution >= 4 is 39.7 Å². The molecule has 1 fully saturated rings. The van der Waals surface area contributed by atoms with Crippen LogP contribution in [0.4, 0.5) is 10.5 Å². The molecule has 0 aromatic heterocycles. The number of phenols is 1. The molecule has 0 atom stereocenters. The van der Waals surface area contributed by atoms with Crippen LogP contribution in [0.2, 0.25) is 0 Å². The van der Waals surface area contributed by atoms with Gasteiger partial charge in [0.2, 0.25) is 0 Å². The number of aromatic hydroxyl groups is 1. The molecule has 2 aromatic carbocycles. The highest BCUT2D eigenvalue weighted by Crippen LogP contribution is 2.29. The number of amides is 2. The fraction of sp³-hybridized carbons (Fsp3) is 0.0588. The average molecular weight is 390 g/mol. The number of methoxy groups -OCH3 is 1. The predicted molar refractivity (Wildman–Crippen MR) is 90.7 cm³/mol. The van der Waals surface area contributed by atoms with Gasteiger partial charge in [-0.15, -0.1) is 0 Å². The van der Waals surface area contributed by atoms with Gasteiger partial charge in [-0.25, -0.2) is 9.69 Å². The van der Waals surface area contributed by atoms with Gasteiger partial charge in [0, 0.05) is 0 Å². The summed E-state index contributed by atoms with van der Waals surface area (Å²) < 4.78 is 10.6. The first-order valence-electron chi connectivity index (χ1n) is 6.90. The standard InChI is InChI=1S/C17H12BrNO5/c1-23-12-5-3-11(4-6-12)19-16(21)15(24-17(19)22)9-10-2-7-14(20)13(18)8-10/h2-9,20H,1H3/b15-9-. The minimum atomic E-state index is -0.769. The first kappa shape index (κ1) is 16.1. The predicted octanol–water partition coefficient (Wildman–Crippen LogP) is 3.69. The van der Waals surface area contributed by atoms with Crippen molar-refractivity contribution in [3.05, 3.63) is 58.3 Å². The lowest BCUT2D eigenvalue weighted by Crippen LogP contribution is -2.28. The Morgan fingerprint density at radius 1 is 1.17 bits per heavy atom. The van der Waals surface area contributed by atoms with Gasteiger partial charge >= 0.3 is 12.0 Å². The van der Waals surface area contributed by atoms with E-state index in [2.05, 4.69) is 15.9 Å². The molecule has 0 saturated carbocycles. The summed E-state index contributed by atoms with van der Waals surface area (Å²) in [5.74, 6) is 0.0398. The van der Waals surface area contributed by atoms with E-state index in [4.69, 9.17) is 9.47 Å². The van der Waals surface area contributed by atoms with Gasteiger partial charge in [-0.3, -0.25) is 4.79 Å². The second kappa shape index (κ2) is 6.37. The molecular formula is C17H12BrNO5. The van der Waals surface area contributed by atoms with E-state index in [0.717, 1.165) is 4.90 Å². The number of benzene rings is 2. The van der Waals surface area contributed by atoms with Crippen LogP contribution < -0.4 is 9.64 Å². The molecule has 1 aliphatic heterocycles. The first-order valence-corrected chi connectivity index (χ1v) is 7.69. The molecule has 24 heavy (non-hydrogen) atoms. The number of phenolic OH excluding ortho intramolecular Hbond substituents is 1. The van der Waals surface area contributed by atoms with Crippen molar-refractivity contribution in [1.29, 1.82) is 0 Å². The van der Waals surface area contributed by atoms with Crippen LogP contribution in [-0.4, -0.2) is 24.2 Å². The lowest BCUT2D eigenvalue weighted by molar-refractivity contribution is -0.114. The van der Waals surface area contributed by atoms with E-state index in [9.17, 15) is 14.7 Å². The molecule has 6 nitrogen and oxygen atoms in total. The van der Waals surface area contributed by atoms with Crippen LogP contribution in [-0.2, 0) is 9.53 Å². The monoisotopic (exact) mass is 389 g/mol. The van der Waals surface area contributed by atoms with Crippen LogP contribution in [0, 0.1) is 0 Å². The van der Waals surface area contributed by atoms with Gasteiger partial charge in [-0.1, -0.05) is 6.07 Å². The zero-order valence-electron chi connectivity index (χ0n) is 12.5. The fourth-order valence-electron chi connectivity index (χ4n) is 2.19. The summed E-state index contributed by atoms with van der Waals surface area (Å²) in [7, 11) is 1.53.